The van der Waals surface area contributed by atoms with Gasteiger partial charge in [-0.15, -0.1) is 11.3 Å². The smallest absolute Gasteiger partial charge is 0.272 e. The van der Waals surface area contributed by atoms with Crippen molar-refractivity contribution in [1.82, 2.24) is 19.8 Å². The van der Waals surface area contributed by atoms with E-state index in [0.29, 0.717) is 60.7 Å². The van der Waals surface area contributed by atoms with Crippen LogP contribution in [0, 0.1) is 22.2 Å². The number of likely N-dealkylation sites (tertiary alicyclic amines) is 1. The Balaban J connectivity index is 1.46. The second kappa shape index (κ2) is 12.7. The second-order valence-electron chi connectivity index (χ2n) is 13.1. The van der Waals surface area contributed by atoms with Crippen molar-refractivity contribution in [3.05, 3.63) is 57.3 Å². The summed E-state index contributed by atoms with van der Waals surface area (Å²) in [4.78, 5) is 45.8. The third-order valence-electron chi connectivity index (χ3n) is 7.82. The molecule has 45 heavy (non-hydrogen) atoms. The first-order chi connectivity index (χ1) is 21.3. The molecule has 0 saturated carbocycles. The molecule has 2 aliphatic rings. The molecule has 2 aromatic heterocycles. The summed E-state index contributed by atoms with van der Waals surface area (Å²) in [6.07, 6.45) is 0.385. The first kappa shape index (κ1) is 32.2. The number of imidazole rings is 1. The number of carbonyl (C=O) groups is 3. The predicted molar refractivity (Wildman–Crippen MR) is 166 cm³/mol. The van der Waals surface area contributed by atoms with Crippen LogP contribution in [0.2, 0.25) is 0 Å². The molecule has 10 nitrogen and oxygen atoms in total. The Bertz CT molecular complexity index is 1700. The van der Waals surface area contributed by atoms with Gasteiger partial charge in [-0.05, 0) is 48.6 Å². The summed E-state index contributed by atoms with van der Waals surface area (Å²) in [5.41, 5.74) is 1.04. The Morgan fingerprint density at radius 3 is 2.60 bits per heavy atom. The lowest BCUT2D eigenvalue weighted by Gasteiger charge is -2.35. The first-order valence-corrected chi connectivity index (χ1v) is 15.6. The highest BCUT2D eigenvalue weighted by atomic mass is 32.1. The maximum atomic E-state index is 13.5. The van der Waals surface area contributed by atoms with Crippen molar-refractivity contribution in [1.29, 1.82) is 5.26 Å². The molecule has 1 atom stereocenters. The van der Waals surface area contributed by atoms with E-state index in [1.54, 1.807) is 33.7 Å². The maximum absolute atomic E-state index is 13.5. The highest BCUT2D eigenvalue weighted by Gasteiger charge is 2.36. The van der Waals surface area contributed by atoms with Crippen molar-refractivity contribution in [2.75, 3.05) is 31.6 Å². The number of hydrogen-bond acceptors (Lipinski definition) is 7. The number of nitrogens with zero attached hydrogens (tertiary/aromatic N) is 4. The molecule has 0 aliphatic carbocycles. The number of amides is 3. The molecule has 1 aromatic carbocycles. The number of alkyl halides is 2. The molecule has 2 fully saturated rings. The van der Waals surface area contributed by atoms with Crippen molar-refractivity contribution in [3.8, 4) is 6.07 Å². The van der Waals surface area contributed by atoms with Gasteiger partial charge in [-0.3, -0.25) is 19.7 Å². The summed E-state index contributed by atoms with van der Waals surface area (Å²) in [7, 11) is 0. The minimum atomic E-state index is -2.69. The van der Waals surface area contributed by atoms with E-state index in [9.17, 15) is 28.4 Å². The molecule has 5 rings (SSSR count). The number of carbonyl (C=O) groups excluding carboxylic acids is 3. The largest absolute Gasteiger partial charge is 0.379 e. The van der Waals surface area contributed by atoms with Gasteiger partial charge in [0.2, 0.25) is 5.95 Å². The van der Waals surface area contributed by atoms with E-state index in [1.165, 1.54) is 12.1 Å². The zero-order chi connectivity index (χ0) is 32.5. The lowest BCUT2D eigenvalue weighted by molar-refractivity contribution is -0.128. The summed E-state index contributed by atoms with van der Waals surface area (Å²) in [6.45, 7) is 10.0. The minimum absolute atomic E-state index is 0.0650. The number of nitriles is 1. The van der Waals surface area contributed by atoms with Gasteiger partial charge < -0.3 is 19.5 Å². The van der Waals surface area contributed by atoms with Gasteiger partial charge in [0.15, 0.2) is 0 Å². The van der Waals surface area contributed by atoms with E-state index in [1.807, 2.05) is 27.7 Å². The zero-order valence-electron chi connectivity index (χ0n) is 25.7. The van der Waals surface area contributed by atoms with Crippen molar-refractivity contribution in [2.45, 2.75) is 59.5 Å². The van der Waals surface area contributed by atoms with Gasteiger partial charge in [0.05, 0.1) is 40.0 Å². The fraction of sp³-hybridized carbons (Fsp3) is 0.469. The van der Waals surface area contributed by atoms with Gasteiger partial charge in [-0.1, -0.05) is 33.8 Å². The molecule has 4 heterocycles. The Labute approximate surface area is 264 Å². The van der Waals surface area contributed by atoms with Crippen LogP contribution in [0.5, 0.6) is 0 Å². The average molecular weight is 639 g/mol. The molecular weight excluding hydrogens is 602 g/mol. The molecule has 13 heteroatoms. The Morgan fingerprint density at radius 2 is 1.98 bits per heavy atom. The highest BCUT2D eigenvalue weighted by Crippen LogP contribution is 2.32. The van der Waals surface area contributed by atoms with Crippen LogP contribution in [0.1, 0.15) is 71.9 Å². The van der Waals surface area contributed by atoms with Crippen LogP contribution in [0.15, 0.2) is 42.0 Å². The summed E-state index contributed by atoms with van der Waals surface area (Å²) in [6, 6.07) is 9.36. The molecule has 3 amide bonds. The molecule has 0 unspecified atom stereocenters. The van der Waals surface area contributed by atoms with Crippen molar-refractivity contribution >= 4 is 46.0 Å². The second-order valence-corrected chi connectivity index (χ2v) is 14.2. The first-order valence-electron chi connectivity index (χ1n) is 14.8. The van der Waals surface area contributed by atoms with E-state index in [-0.39, 0.29) is 56.5 Å². The molecule has 2 saturated heterocycles. The number of ether oxygens (including phenoxy) is 1. The molecule has 2 N–H and O–H groups in total. The van der Waals surface area contributed by atoms with Crippen LogP contribution in [0.4, 0.5) is 14.7 Å². The van der Waals surface area contributed by atoms with Gasteiger partial charge >= 0.3 is 0 Å². The molecule has 0 spiro atoms. The van der Waals surface area contributed by atoms with E-state index >= 15 is 0 Å². The summed E-state index contributed by atoms with van der Waals surface area (Å²) in [5, 5.41) is 15.5. The van der Waals surface area contributed by atoms with Crippen LogP contribution in [-0.4, -0.2) is 64.5 Å². The number of nitrogens with one attached hydrogen (secondary N) is 2. The third-order valence-corrected chi connectivity index (χ3v) is 8.91. The predicted octanol–water partition coefficient (Wildman–Crippen LogP) is 5.54. The Hall–Kier alpha value is -4.15. The quantitative estimate of drug-likeness (QED) is 0.234. The number of thiophene rings is 1. The third kappa shape index (κ3) is 7.23. The van der Waals surface area contributed by atoms with Gasteiger partial charge in [-0.25, -0.2) is 13.8 Å². The number of aromatic nitrogens is 2. The van der Waals surface area contributed by atoms with Crippen LogP contribution in [-0.2, 0) is 16.1 Å². The minimum Gasteiger partial charge on any atom is -0.379 e. The lowest BCUT2D eigenvalue weighted by atomic mass is 9.86. The number of fused-ring (bicyclic) bond motifs is 1. The standard InChI is InChI=1S/C32H36F2N6O4S/c1-31(2,3)16-36-27(41)19-7-8-23-22(12-19)37-30(38-28(42)25-10-9-24(45-25)26(33)34)40(23)15-21-6-5-11-39(21)29(43)20(14-35)13-32(4)17-44-18-32/h7-10,12-13,21,26H,5-6,11,15-18H2,1-4H3,(H,36,41)(H,37,38,42)/t21-/m1/s1. The van der Waals surface area contributed by atoms with Gasteiger partial charge in [-0.2, -0.15) is 5.26 Å². The van der Waals surface area contributed by atoms with E-state index in [0.717, 1.165) is 6.42 Å². The van der Waals surface area contributed by atoms with E-state index in [4.69, 9.17) is 4.74 Å². The highest BCUT2D eigenvalue weighted by molar-refractivity contribution is 7.14. The fourth-order valence-electron chi connectivity index (χ4n) is 5.41. The van der Waals surface area contributed by atoms with Gasteiger partial charge in [0.1, 0.15) is 11.6 Å². The molecule has 238 valence electrons. The normalized spacial score (nSPS) is 18.1. The molecule has 3 aromatic rings. The number of benzene rings is 1. The van der Waals surface area contributed by atoms with Crippen LogP contribution in [0.25, 0.3) is 11.0 Å². The van der Waals surface area contributed by atoms with Crippen molar-refractivity contribution in [2.24, 2.45) is 10.8 Å². The molecule has 0 radical (unpaired) electrons. The van der Waals surface area contributed by atoms with Crippen molar-refractivity contribution in [3.63, 3.8) is 0 Å². The zero-order valence-corrected chi connectivity index (χ0v) is 26.5. The number of rotatable bonds is 9. The number of hydrogen-bond donors (Lipinski definition) is 2. The van der Waals surface area contributed by atoms with Crippen LogP contribution < -0.4 is 10.6 Å². The molecular formula is C32H36F2N6O4S. The van der Waals surface area contributed by atoms with E-state index < -0.39 is 12.3 Å². The lowest BCUT2D eigenvalue weighted by Crippen LogP contribution is -2.41. The summed E-state index contributed by atoms with van der Waals surface area (Å²) in [5.74, 6) is -1.07. The summed E-state index contributed by atoms with van der Waals surface area (Å²) >= 11 is 0.698. The monoisotopic (exact) mass is 638 g/mol. The fourth-order valence-corrected chi connectivity index (χ4v) is 6.17. The topological polar surface area (TPSA) is 129 Å². The van der Waals surface area contributed by atoms with Crippen LogP contribution in [0.3, 0.4) is 0 Å². The van der Waals surface area contributed by atoms with Gasteiger partial charge in [0, 0.05) is 30.6 Å². The number of halogens is 2. The molecule has 2 aliphatic heterocycles. The Kier molecular flexibility index (Phi) is 9.09. The molecule has 0 bridgehead atoms. The maximum Gasteiger partial charge on any atom is 0.272 e. The SMILES string of the molecule is CC(C)(C)CNC(=O)c1ccc2c(c1)nc(NC(=O)c1ccc(C(F)F)s1)n2C[C@H]1CCCN1C(=O)C(C#N)=CC1(C)COC1. The van der Waals surface area contributed by atoms with E-state index in [2.05, 4.69) is 21.7 Å². The van der Waals surface area contributed by atoms with Crippen LogP contribution >= 0.6 is 11.3 Å². The Morgan fingerprint density at radius 1 is 1.22 bits per heavy atom. The number of anilines is 1. The van der Waals surface area contributed by atoms with Crippen molar-refractivity contribution < 1.29 is 27.9 Å². The summed E-state index contributed by atoms with van der Waals surface area (Å²) < 4.78 is 33.4. The average Bonchev–Trinajstić information content (AvgIpc) is 3.72. The van der Waals surface area contributed by atoms with Gasteiger partial charge in [0.25, 0.3) is 24.1 Å².